The molecule has 0 fully saturated rings. The molecule has 0 radical (unpaired) electrons. The fourth-order valence-electron chi connectivity index (χ4n) is 0.421. The van der Waals surface area contributed by atoms with E-state index in [1.807, 2.05) is 0 Å². The molecule has 0 aliphatic heterocycles. The van der Waals surface area contributed by atoms with Gasteiger partial charge in [0.15, 0.2) is 0 Å². The van der Waals surface area contributed by atoms with Gasteiger partial charge < -0.3 is 10.2 Å². The van der Waals surface area contributed by atoms with E-state index < -0.39 is 12.2 Å². The van der Waals surface area contributed by atoms with Crippen LogP contribution in [0.1, 0.15) is 13.8 Å². The summed E-state index contributed by atoms with van der Waals surface area (Å²) in [5.41, 5.74) is 0. The predicted molar refractivity (Wildman–Crippen MR) is 48.1 cm³/mol. The van der Waals surface area contributed by atoms with E-state index in [0.29, 0.717) is 0 Å². The maximum absolute atomic E-state index is 8.71. The van der Waals surface area contributed by atoms with Gasteiger partial charge in [0.1, 0.15) is 12.2 Å². The first kappa shape index (κ1) is 10.8. The van der Waals surface area contributed by atoms with Crippen LogP contribution in [0.3, 0.4) is 0 Å². The van der Waals surface area contributed by atoms with Gasteiger partial charge >= 0.3 is 0 Å². The molecule has 2 heteroatoms. The zero-order valence-corrected chi connectivity index (χ0v) is 7.20. The molecule has 0 aliphatic rings. The maximum Gasteiger partial charge on any atom is 0.112 e. The second kappa shape index (κ2) is 6.49. The largest absolute Gasteiger partial charge is 0.381 e. The van der Waals surface area contributed by atoms with E-state index >= 15 is 0 Å². The fraction of sp³-hybridized carbons (Fsp3) is 0.400. The van der Waals surface area contributed by atoms with Crippen molar-refractivity contribution in [2.45, 2.75) is 26.1 Å². The Morgan fingerprint density at radius 1 is 0.917 bits per heavy atom. The van der Waals surface area contributed by atoms with Crippen LogP contribution in [0, 0.1) is 23.7 Å². The Hall–Kier alpha value is -1.22. The van der Waals surface area contributed by atoms with Crippen molar-refractivity contribution in [1.29, 1.82) is 0 Å². The van der Waals surface area contributed by atoms with E-state index in [-0.39, 0.29) is 0 Å². The zero-order valence-electron chi connectivity index (χ0n) is 7.20. The first-order valence-electron chi connectivity index (χ1n) is 3.66. The molecule has 0 heterocycles. The summed E-state index contributed by atoms with van der Waals surface area (Å²) < 4.78 is 0. The molecule has 2 nitrogen and oxygen atoms in total. The summed E-state index contributed by atoms with van der Waals surface area (Å²) in [4.78, 5) is 0. The maximum atomic E-state index is 8.71. The van der Waals surface area contributed by atoms with Gasteiger partial charge in [-0.1, -0.05) is 23.7 Å². The second-order valence-electron chi connectivity index (χ2n) is 2.26. The summed E-state index contributed by atoms with van der Waals surface area (Å²) in [5.74, 6) is 10.2. The highest BCUT2D eigenvalue weighted by Crippen LogP contribution is 1.75. The monoisotopic (exact) mass is 164 g/mol. The third-order valence-electron chi connectivity index (χ3n) is 0.834. The Morgan fingerprint density at radius 3 is 1.50 bits per heavy atom. The minimum absolute atomic E-state index is 0.612. The molecule has 0 bridgehead atoms. The third kappa shape index (κ3) is 8.78. The minimum Gasteiger partial charge on any atom is -0.381 e. The standard InChI is InChI=1S/C10H12O2/c1-9(11)7-5-3-4-6-8-10(2)12/h3-4,9-12H,1-2H3/b4-3+. The number of rotatable bonds is 0. The Morgan fingerprint density at radius 2 is 1.25 bits per heavy atom. The van der Waals surface area contributed by atoms with Gasteiger partial charge in [-0.3, -0.25) is 0 Å². The number of aliphatic hydroxyl groups is 2. The SMILES string of the molecule is CC(O)C#C/C=C/C#CC(C)O. The van der Waals surface area contributed by atoms with Crippen molar-refractivity contribution in [3.05, 3.63) is 12.2 Å². The number of aliphatic hydroxyl groups excluding tert-OH is 2. The molecule has 2 N–H and O–H groups in total. The Bertz CT molecular complexity index is 225. The topological polar surface area (TPSA) is 40.5 Å². The van der Waals surface area contributed by atoms with Crippen molar-refractivity contribution in [2.75, 3.05) is 0 Å². The van der Waals surface area contributed by atoms with E-state index in [2.05, 4.69) is 23.7 Å². The number of allylic oxidation sites excluding steroid dienone is 2. The Labute approximate surface area is 72.9 Å². The van der Waals surface area contributed by atoms with Crippen LogP contribution < -0.4 is 0 Å². The van der Waals surface area contributed by atoms with Gasteiger partial charge in [-0.2, -0.15) is 0 Å². The molecule has 2 unspecified atom stereocenters. The van der Waals surface area contributed by atoms with Crippen LogP contribution in [-0.2, 0) is 0 Å². The van der Waals surface area contributed by atoms with E-state index in [4.69, 9.17) is 10.2 Å². The van der Waals surface area contributed by atoms with E-state index in [9.17, 15) is 0 Å². The van der Waals surface area contributed by atoms with Gasteiger partial charge in [0, 0.05) is 0 Å². The first-order chi connectivity index (χ1) is 5.63. The van der Waals surface area contributed by atoms with Crippen LogP contribution in [-0.4, -0.2) is 22.4 Å². The Balaban J connectivity index is 3.83. The molecule has 0 rings (SSSR count). The van der Waals surface area contributed by atoms with Crippen molar-refractivity contribution in [2.24, 2.45) is 0 Å². The van der Waals surface area contributed by atoms with Crippen molar-refractivity contribution in [3.8, 4) is 23.7 Å². The molecule has 64 valence electrons. The van der Waals surface area contributed by atoms with Crippen molar-refractivity contribution in [1.82, 2.24) is 0 Å². The van der Waals surface area contributed by atoms with Gasteiger partial charge in [0.05, 0.1) is 0 Å². The summed E-state index contributed by atoms with van der Waals surface area (Å²) in [6, 6.07) is 0. The lowest BCUT2D eigenvalue weighted by Crippen LogP contribution is -1.92. The summed E-state index contributed by atoms with van der Waals surface area (Å²) in [7, 11) is 0. The summed E-state index contributed by atoms with van der Waals surface area (Å²) in [6.07, 6.45) is 1.84. The second-order valence-corrected chi connectivity index (χ2v) is 2.26. The van der Waals surface area contributed by atoms with Crippen molar-refractivity contribution < 1.29 is 10.2 Å². The van der Waals surface area contributed by atoms with E-state index in [1.54, 1.807) is 13.8 Å². The zero-order chi connectivity index (χ0) is 9.40. The van der Waals surface area contributed by atoms with Gasteiger partial charge in [0.25, 0.3) is 0 Å². The molecular weight excluding hydrogens is 152 g/mol. The molecule has 0 aliphatic carbocycles. The van der Waals surface area contributed by atoms with Crippen LogP contribution in [0.25, 0.3) is 0 Å². The molecule has 0 saturated carbocycles. The molecule has 0 amide bonds. The van der Waals surface area contributed by atoms with E-state index in [1.165, 1.54) is 12.2 Å². The average Bonchev–Trinajstić information content (AvgIpc) is 1.95. The molecule has 0 aromatic carbocycles. The van der Waals surface area contributed by atoms with Crippen LogP contribution in [0.5, 0.6) is 0 Å². The third-order valence-corrected chi connectivity index (χ3v) is 0.834. The summed E-state index contributed by atoms with van der Waals surface area (Å²) in [6.45, 7) is 3.17. The molecule has 0 aromatic rings. The highest BCUT2D eigenvalue weighted by Gasteiger charge is 1.80. The quantitative estimate of drug-likeness (QED) is 0.506. The summed E-state index contributed by atoms with van der Waals surface area (Å²) in [5, 5.41) is 17.4. The highest BCUT2D eigenvalue weighted by atomic mass is 16.3. The predicted octanol–water partition coefficient (Wildman–Crippen LogP) is 0.311. The van der Waals surface area contributed by atoms with Crippen LogP contribution in [0.4, 0.5) is 0 Å². The lowest BCUT2D eigenvalue weighted by atomic mass is 10.3. The molecule has 0 aromatic heterocycles. The number of hydrogen-bond donors (Lipinski definition) is 2. The average molecular weight is 164 g/mol. The van der Waals surface area contributed by atoms with Crippen molar-refractivity contribution >= 4 is 0 Å². The van der Waals surface area contributed by atoms with Gasteiger partial charge in [-0.25, -0.2) is 0 Å². The van der Waals surface area contributed by atoms with Crippen LogP contribution in [0.15, 0.2) is 12.2 Å². The molecular formula is C10H12O2. The first-order valence-corrected chi connectivity index (χ1v) is 3.66. The molecule has 12 heavy (non-hydrogen) atoms. The van der Waals surface area contributed by atoms with E-state index in [0.717, 1.165) is 0 Å². The molecule has 2 atom stereocenters. The lowest BCUT2D eigenvalue weighted by Gasteiger charge is -1.84. The minimum atomic E-state index is -0.612. The fourth-order valence-corrected chi connectivity index (χ4v) is 0.421. The smallest absolute Gasteiger partial charge is 0.112 e. The Kier molecular flexibility index (Phi) is 5.83. The van der Waals surface area contributed by atoms with Gasteiger partial charge in [-0.15, -0.1) is 0 Å². The number of hydrogen-bond acceptors (Lipinski definition) is 2. The highest BCUT2D eigenvalue weighted by molar-refractivity contribution is 5.26. The molecule has 0 spiro atoms. The van der Waals surface area contributed by atoms with Crippen molar-refractivity contribution in [3.63, 3.8) is 0 Å². The normalized spacial score (nSPS) is 14.0. The molecule has 0 saturated heterocycles. The van der Waals surface area contributed by atoms with Crippen LogP contribution in [0.2, 0.25) is 0 Å². The summed E-state index contributed by atoms with van der Waals surface area (Å²) >= 11 is 0. The van der Waals surface area contributed by atoms with Crippen LogP contribution >= 0.6 is 0 Å². The van der Waals surface area contributed by atoms with Gasteiger partial charge in [0.2, 0.25) is 0 Å². The lowest BCUT2D eigenvalue weighted by molar-refractivity contribution is 0.253. The van der Waals surface area contributed by atoms with Gasteiger partial charge in [-0.05, 0) is 26.0 Å².